The van der Waals surface area contributed by atoms with E-state index < -0.39 is 35.5 Å². The number of hydrogen-bond acceptors (Lipinski definition) is 3. The van der Waals surface area contributed by atoms with E-state index in [1.807, 2.05) is 0 Å². The molecule has 6 nitrogen and oxygen atoms in total. The molecule has 0 aliphatic heterocycles. The maximum Gasteiger partial charge on any atom is 0.308 e. The molecule has 27 heavy (non-hydrogen) atoms. The first kappa shape index (κ1) is 17.6. The number of rotatable bonds is 4. The topological polar surface area (TPSA) is 84.2 Å². The van der Waals surface area contributed by atoms with Crippen LogP contribution in [0, 0.1) is 17.6 Å². The van der Waals surface area contributed by atoms with Crippen LogP contribution in [0.25, 0.3) is 5.69 Å². The van der Waals surface area contributed by atoms with Gasteiger partial charge < -0.3 is 10.4 Å². The molecule has 2 aliphatic rings. The van der Waals surface area contributed by atoms with Gasteiger partial charge in [0, 0.05) is 17.3 Å². The Bertz CT molecular complexity index is 925. The number of aliphatic carboxylic acids is 1. The summed E-state index contributed by atoms with van der Waals surface area (Å²) in [7, 11) is 0. The first-order valence-electron chi connectivity index (χ1n) is 9.06. The fourth-order valence-corrected chi connectivity index (χ4v) is 4.14. The zero-order chi connectivity index (χ0) is 19.1. The van der Waals surface area contributed by atoms with Crippen LogP contribution in [0.5, 0.6) is 0 Å². The van der Waals surface area contributed by atoms with Crippen molar-refractivity contribution in [3.8, 4) is 5.69 Å². The number of carbonyl (C=O) groups excluding carboxylic acids is 1. The number of halogens is 2. The summed E-state index contributed by atoms with van der Waals surface area (Å²) < 4.78 is 29.2. The number of nitrogens with zero attached hydrogens (tertiary/aromatic N) is 2. The Balaban J connectivity index is 1.67. The van der Waals surface area contributed by atoms with Gasteiger partial charge in [0.1, 0.15) is 5.69 Å². The monoisotopic (exact) mass is 375 g/mol. The maximum absolute atomic E-state index is 14.2. The van der Waals surface area contributed by atoms with Gasteiger partial charge in [-0.2, -0.15) is 5.10 Å². The van der Waals surface area contributed by atoms with Crippen LogP contribution >= 0.6 is 0 Å². The molecule has 4 rings (SSSR count). The predicted octanol–water partition coefficient (Wildman–Crippen LogP) is 2.62. The average molecular weight is 375 g/mol. The summed E-state index contributed by atoms with van der Waals surface area (Å²) >= 11 is 0. The lowest BCUT2D eigenvalue weighted by molar-refractivity contribution is -0.142. The number of hydrogen-bond donors (Lipinski definition) is 2. The van der Waals surface area contributed by atoms with Crippen molar-refractivity contribution in [1.29, 1.82) is 0 Å². The van der Waals surface area contributed by atoms with Crippen LogP contribution in [0.2, 0.25) is 0 Å². The second kappa shape index (κ2) is 6.75. The third kappa shape index (κ3) is 2.98. The first-order chi connectivity index (χ1) is 13.0. The molecule has 0 unspecified atom stereocenters. The van der Waals surface area contributed by atoms with Gasteiger partial charge in [0.05, 0.1) is 5.92 Å². The fourth-order valence-electron chi connectivity index (χ4n) is 4.14. The molecule has 1 fully saturated rings. The summed E-state index contributed by atoms with van der Waals surface area (Å²) in [5.74, 6) is -3.97. The minimum atomic E-state index is -1.01. The molecule has 1 aromatic carbocycles. The fraction of sp³-hybridized carbons (Fsp3) is 0.421. The number of nitrogens with one attached hydrogen (secondary N) is 1. The highest BCUT2D eigenvalue weighted by molar-refractivity contribution is 5.95. The molecule has 0 radical (unpaired) electrons. The van der Waals surface area contributed by atoms with Gasteiger partial charge in [0.15, 0.2) is 17.3 Å². The third-order valence-electron chi connectivity index (χ3n) is 5.45. The molecule has 2 aliphatic carbocycles. The lowest BCUT2D eigenvalue weighted by Gasteiger charge is -2.17. The van der Waals surface area contributed by atoms with Crippen molar-refractivity contribution in [3.63, 3.8) is 0 Å². The summed E-state index contributed by atoms with van der Waals surface area (Å²) in [6, 6.07) is 3.40. The van der Waals surface area contributed by atoms with Crippen molar-refractivity contribution < 1.29 is 23.5 Å². The van der Waals surface area contributed by atoms with Crippen molar-refractivity contribution in [2.24, 2.45) is 5.92 Å². The van der Waals surface area contributed by atoms with Crippen LogP contribution in [-0.4, -0.2) is 32.8 Å². The molecule has 0 saturated heterocycles. The van der Waals surface area contributed by atoms with Crippen LogP contribution < -0.4 is 5.32 Å². The Morgan fingerprint density at radius 3 is 2.78 bits per heavy atom. The van der Waals surface area contributed by atoms with E-state index in [0.717, 1.165) is 24.5 Å². The number of aromatic nitrogens is 2. The quantitative estimate of drug-likeness (QED) is 0.860. The van der Waals surface area contributed by atoms with Crippen LogP contribution in [0.15, 0.2) is 18.2 Å². The van der Waals surface area contributed by atoms with Crippen molar-refractivity contribution >= 4 is 11.9 Å². The van der Waals surface area contributed by atoms with Gasteiger partial charge in [-0.3, -0.25) is 9.59 Å². The lowest BCUT2D eigenvalue weighted by Crippen LogP contribution is -2.40. The average Bonchev–Trinajstić information content (AvgIpc) is 3.33. The second-order valence-electron chi connectivity index (χ2n) is 7.07. The summed E-state index contributed by atoms with van der Waals surface area (Å²) in [5.41, 5.74) is 1.56. The Hall–Kier alpha value is -2.77. The molecule has 1 amide bonds. The molecule has 0 spiro atoms. The minimum Gasteiger partial charge on any atom is -0.481 e. The Labute approximate surface area is 154 Å². The highest BCUT2D eigenvalue weighted by atomic mass is 19.2. The second-order valence-corrected chi connectivity index (χ2v) is 7.07. The summed E-state index contributed by atoms with van der Waals surface area (Å²) in [4.78, 5) is 24.1. The summed E-state index contributed by atoms with van der Waals surface area (Å²) in [6.45, 7) is 0. The molecule has 8 heteroatoms. The van der Waals surface area contributed by atoms with Crippen LogP contribution in [0.4, 0.5) is 8.78 Å². The molecular weight excluding hydrogens is 356 g/mol. The summed E-state index contributed by atoms with van der Waals surface area (Å²) in [6.07, 6.45) is 3.91. The minimum absolute atomic E-state index is 0.0310. The number of carboxylic acid groups (broad SMARTS) is 1. The van der Waals surface area contributed by atoms with Crippen molar-refractivity contribution in [2.45, 2.75) is 44.6 Å². The van der Waals surface area contributed by atoms with Gasteiger partial charge in [0.2, 0.25) is 0 Å². The number of fused-ring (bicyclic) bond motifs is 1. The van der Waals surface area contributed by atoms with Crippen LogP contribution in [-0.2, 0) is 17.6 Å². The van der Waals surface area contributed by atoms with E-state index in [-0.39, 0.29) is 11.4 Å². The normalized spacial score (nSPS) is 21.3. The van der Waals surface area contributed by atoms with Gasteiger partial charge in [-0.15, -0.1) is 0 Å². The van der Waals surface area contributed by atoms with E-state index in [1.54, 1.807) is 0 Å². The highest BCUT2D eigenvalue weighted by Gasteiger charge is 2.36. The summed E-state index contributed by atoms with van der Waals surface area (Å²) in [5, 5.41) is 16.3. The number of carbonyl (C=O) groups is 2. The molecule has 1 saturated carbocycles. The number of carboxylic acids is 1. The largest absolute Gasteiger partial charge is 0.481 e. The van der Waals surface area contributed by atoms with Gasteiger partial charge in [0.25, 0.3) is 5.91 Å². The zero-order valence-corrected chi connectivity index (χ0v) is 14.5. The Morgan fingerprint density at radius 2 is 2.00 bits per heavy atom. The molecular formula is C19H19F2N3O3. The van der Waals surface area contributed by atoms with Crippen LogP contribution in [0.1, 0.15) is 47.4 Å². The molecule has 0 bridgehead atoms. The molecule has 1 heterocycles. The predicted molar refractivity (Wildman–Crippen MR) is 91.7 cm³/mol. The van der Waals surface area contributed by atoms with Gasteiger partial charge in [-0.25, -0.2) is 13.5 Å². The van der Waals surface area contributed by atoms with Crippen molar-refractivity contribution in [1.82, 2.24) is 15.1 Å². The highest BCUT2D eigenvalue weighted by Crippen LogP contribution is 2.30. The third-order valence-corrected chi connectivity index (χ3v) is 5.45. The maximum atomic E-state index is 14.2. The van der Waals surface area contributed by atoms with Gasteiger partial charge in [-0.1, -0.05) is 12.5 Å². The molecule has 2 atom stereocenters. The number of amides is 1. The molecule has 2 N–H and O–H groups in total. The van der Waals surface area contributed by atoms with E-state index in [9.17, 15) is 23.5 Å². The standard InChI is InChI=1S/C19H19F2N3O3/c20-12-6-3-9-15(16(12)21)24-14-8-2-5-11(14)17(23-24)18(25)22-13-7-1-4-10(13)19(26)27/h3,6,9-10,13H,1-2,4-5,7-8H2,(H,22,25)(H,26,27)/t10-,13+/m1/s1. The number of benzene rings is 1. The lowest BCUT2D eigenvalue weighted by atomic mass is 10.0. The van der Waals surface area contributed by atoms with E-state index in [4.69, 9.17) is 0 Å². The van der Waals surface area contributed by atoms with Crippen molar-refractivity contribution in [3.05, 3.63) is 46.8 Å². The zero-order valence-electron chi connectivity index (χ0n) is 14.5. The van der Waals surface area contributed by atoms with E-state index in [2.05, 4.69) is 10.4 Å². The molecule has 1 aromatic heterocycles. The van der Waals surface area contributed by atoms with E-state index >= 15 is 0 Å². The van der Waals surface area contributed by atoms with Crippen molar-refractivity contribution in [2.75, 3.05) is 0 Å². The Kier molecular flexibility index (Phi) is 4.41. The van der Waals surface area contributed by atoms with Gasteiger partial charge >= 0.3 is 5.97 Å². The smallest absolute Gasteiger partial charge is 0.308 e. The van der Waals surface area contributed by atoms with Crippen LogP contribution in [0.3, 0.4) is 0 Å². The molecule has 142 valence electrons. The van der Waals surface area contributed by atoms with E-state index in [0.29, 0.717) is 31.4 Å². The SMILES string of the molecule is O=C(N[C@H]1CCC[C@H]1C(=O)O)c1nn(-c2cccc(F)c2F)c2c1CCC2. The van der Waals surface area contributed by atoms with E-state index in [1.165, 1.54) is 16.8 Å². The molecule has 2 aromatic rings. The first-order valence-corrected chi connectivity index (χ1v) is 9.06. The Morgan fingerprint density at radius 1 is 1.19 bits per heavy atom. The van der Waals surface area contributed by atoms with Gasteiger partial charge in [-0.05, 0) is 44.2 Å².